The van der Waals surface area contributed by atoms with E-state index in [4.69, 9.17) is 10.5 Å². The van der Waals surface area contributed by atoms with Crippen LogP contribution in [0.25, 0.3) is 0 Å². The summed E-state index contributed by atoms with van der Waals surface area (Å²) in [6, 6.07) is 0.521. The molecule has 0 spiro atoms. The fraction of sp³-hybridized carbons (Fsp3) is 0.571. The standard InChI is InChI=1S/C56H79N9O17/c1-7-28(2)44-56(81)82-31(5)46(63-48(73)37(21-23-42(57)71)58-52(77)45(29(3)66)62-51(76)41(70)27-34-15-19-36(69)20-16-34)53(78)60-39(25-33-13-17-35(68)18-14-33)49(74)59-38-22-24-43(72)65(54(38)79)47(30(4)67)55(80)64(6)40(50(75)61-44)26-32-11-9-8-10-12-32/h8-13,15-17,19-20,28-31,33,35,37-41,43-47,66-70,72H,7,14,18,21-27H2,1-6H3,(H2,57,71)(H,58,77)(H,59,74)(H,60,78)(H,61,75)(H,62,76)(H,63,73)/t28-,29+,30+,31+,33-,35+,37-,38-,39-,40-,41+,43+,44-,45-,46-,47-/m0/s1. The number of allylic oxidation sites excluding steroid dienone is 1. The molecule has 2 aliphatic heterocycles. The van der Waals surface area contributed by atoms with Crippen LogP contribution in [0.4, 0.5) is 0 Å². The molecule has 16 atom stereocenters. The number of rotatable bonds is 19. The Hall–Kier alpha value is -7.52. The van der Waals surface area contributed by atoms with Gasteiger partial charge in [0, 0.05) is 26.3 Å². The first kappa shape index (κ1) is 65.3. The number of piperidine rings is 1. The molecule has 26 heteroatoms. The minimum atomic E-state index is -2.00. The number of aromatic hydroxyl groups is 1. The third kappa shape index (κ3) is 17.7. The van der Waals surface area contributed by atoms with Crippen LogP contribution in [0, 0.1) is 11.8 Å². The number of likely N-dealkylation sites (N-methyl/N-ethyl adjacent to an activating group) is 1. The van der Waals surface area contributed by atoms with E-state index in [1.807, 2.05) is 0 Å². The summed E-state index contributed by atoms with van der Waals surface area (Å²) in [4.78, 5) is 144. The molecule has 3 aliphatic rings. The van der Waals surface area contributed by atoms with Crippen molar-refractivity contribution in [1.82, 2.24) is 41.7 Å². The van der Waals surface area contributed by atoms with Gasteiger partial charge in [0.1, 0.15) is 72.5 Å². The van der Waals surface area contributed by atoms with Gasteiger partial charge in [0.15, 0.2) is 0 Å². The van der Waals surface area contributed by atoms with E-state index in [9.17, 15) is 78.6 Å². The average molecular weight is 1150 g/mol. The summed E-state index contributed by atoms with van der Waals surface area (Å²) < 4.78 is 5.94. The van der Waals surface area contributed by atoms with Gasteiger partial charge in [-0.2, -0.15) is 0 Å². The van der Waals surface area contributed by atoms with Crippen LogP contribution < -0.4 is 37.6 Å². The topological polar surface area (TPSA) is 406 Å². The monoisotopic (exact) mass is 1150 g/mol. The first-order valence-electron chi connectivity index (χ1n) is 27.5. The smallest absolute Gasteiger partial charge is 0.329 e. The number of carbonyl (C=O) groups excluding carboxylic acids is 10. The molecule has 14 N–H and O–H groups in total. The molecule has 2 saturated heterocycles. The molecular weight excluding hydrogens is 1070 g/mol. The van der Waals surface area contributed by atoms with Crippen LogP contribution >= 0.6 is 0 Å². The first-order valence-corrected chi connectivity index (χ1v) is 27.5. The Kier molecular flexibility index (Phi) is 23.9. The molecule has 0 saturated carbocycles. The summed E-state index contributed by atoms with van der Waals surface area (Å²) >= 11 is 0. The van der Waals surface area contributed by atoms with Crippen LogP contribution in [0.1, 0.15) is 97.1 Å². The second kappa shape index (κ2) is 30.0. The van der Waals surface area contributed by atoms with Gasteiger partial charge in [-0.3, -0.25) is 43.2 Å². The minimum absolute atomic E-state index is 0.0723. The molecule has 450 valence electrons. The van der Waals surface area contributed by atoms with E-state index in [1.54, 1.807) is 50.3 Å². The van der Waals surface area contributed by atoms with Crippen molar-refractivity contribution in [1.29, 1.82) is 0 Å². The zero-order chi connectivity index (χ0) is 60.7. The number of esters is 1. The maximum absolute atomic E-state index is 15.0. The van der Waals surface area contributed by atoms with Crippen LogP contribution in [-0.2, 0) is 65.5 Å². The van der Waals surface area contributed by atoms with Gasteiger partial charge in [0.05, 0.1) is 18.3 Å². The van der Waals surface area contributed by atoms with Crippen molar-refractivity contribution in [2.24, 2.45) is 17.6 Å². The number of hydrogen-bond donors (Lipinski definition) is 13. The molecule has 0 radical (unpaired) electrons. The number of cyclic esters (lactones) is 1. The number of phenolic OH excluding ortho intramolecular Hbond substituents is 1. The fourth-order valence-electron chi connectivity index (χ4n) is 9.96. The third-order valence-electron chi connectivity index (χ3n) is 15.1. The summed E-state index contributed by atoms with van der Waals surface area (Å²) in [6.07, 6.45) is -7.46. The number of ether oxygens (including phenoxy) is 1. The number of nitrogens with two attached hydrogens (primary N) is 1. The third-order valence-corrected chi connectivity index (χ3v) is 15.1. The van der Waals surface area contributed by atoms with Crippen LogP contribution in [0.2, 0.25) is 0 Å². The van der Waals surface area contributed by atoms with Gasteiger partial charge in [-0.1, -0.05) is 74.9 Å². The van der Waals surface area contributed by atoms with Crippen molar-refractivity contribution < 1.29 is 83.3 Å². The Balaban J connectivity index is 1.58. The fourth-order valence-corrected chi connectivity index (χ4v) is 9.96. The molecule has 2 heterocycles. The lowest BCUT2D eigenvalue weighted by atomic mass is 9.88. The Morgan fingerprint density at radius 2 is 1.45 bits per heavy atom. The van der Waals surface area contributed by atoms with Crippen LogP contribution in [0.3, 0.4) is 0 Å². The predicted molar refractivity (Wildman–Crippen MR) is 291 cm³/mol. The average Bonchev–Trinajstić information content (AvgIpc) is 3.52. The van der Waals surface area contributed by atoms with E-state index in [1.165, 1.54) is 51.2 Å². The molecule has 2 bridgehead atoms. The highest BCUT2D eigenvalue weighted by Crippen LogP contribution is 2.27. The highest BCUT2D eigenvalue weighted by atomic mass is 16.5. The van der Waals surface area contributed by atoms with Crippen molar-refractivity contribution in [3.05, 3.63) is 77.9 Å². The normalized spacial score (nSPS) is 27.3. The SMILES string of the molecule is CC[C@H](C)[C@@H]1NC(=O)[C@H](Cc2ccccc2)N(C)C(=O)[C@H]([C@@H](C)O)N2C(=O)[C@H](CC[C@H]2O)NC(=O)[C@H](C[C@H]2C=C[C@@H](O)CC2)NC(=O)[C@@H](NC(=O)[C@H](CCC(N)=O)NC(=O)[C@@H](NC(=O)[C@H](O)Cc2ccc(O)cc2)[C@@H](C)O)[C@@H](C)OC1=O. The van der Waals surface area contributed by atoms with Crippen LogP contribution in [0.15, 0.2) is 66.7 Å². The number of fused-ring (bicyclic) bond motifs is 2. The van der Waals surface area contributed by atoms with Gasteiger partial charge in [0.25, 0.3) is 0 Å². The highest BCUT2D eigenvalue weighted by molar-refractivity contribution is 5.99. The Labute approximate surface area is 474 Å². The number of benzene rings is 2. The quantitative estimate of drug-likeness (QED) is 0.0504. The van der Waals surface area contributed by atoms with Gasteiger partial charge in [-0.05, 0) is 94.4 Å². The Bertz CT molecular complexity index is 2620. The largest absolute Gasteiger partial charge is 0.508 e. The number of aliphatic hydroxyl groups excluding tert-OH is 5. The maximum atomic E-state index is 15.0. The Morgan fingerprint density at radius 1 is 0.780 bits per heavy atom. The van der Waals surface area contributed by atoms with Crippen molar-refractivity contribution in [2.75, 3.05) is 7.05 Å². The van der Waals surface area contributed by atoms with Crippen molar-refractivity contribution in [2.45, 2.75) is 184 Å². The van der Waals surface area contributed by atoms with Gasteiger partial charge in [-0.15, -0.1) is 0 Å². The summed E-state index contributed by atoms with van der Waals surface area (Å²) in [5.41, 5.74) is 6.45. The summed E-state index contributed by atoms with van der Waals surface area (Å²) in [5.74, 6) is -11.9. The van der Waals surface area contributed by atoms with Gasteiger partial charge in [-0.25, -0.2) is 4.79 Å². The number of aliphatic hydroxyl groups is 5. The molecule has 2 fully saturated rings. The van der Waals surface area contributed by atoms with E-state index in [-0.39, 0.29) is 50.7 Å². The summed E-state index contributed by atoms with van der Waals surface area (Å²) in [5, 5.41) is 78.9. The molecule has 9 amide bonds. The van der Waals surface area contributed by atoms with E-state index in [0.717, 1.165) is 16.7 Å². The van der Waals surface area contributed by atoms with E-state index >= 15 is 0 Å². The number of nitrogens with zero attached hydrogens (tertiary/aromatic N) is 2. The number of primary amides is 1. The van der Waals surface area contributed by atoms with E-state index in [0.29, 0.717) is 17.5 Å². The van der Waals surface area contributed by atoms with Crippen molar-refractivity contribution >= 4 is 59.1 Å². The van der Waals surface area contributed by atoms with Gasteiger partial charge in [0.2, 0.25) is 53.2 Å². The van der Waals surface area contributed by atoms with E-state index in [2.05, 4.69) is 31.9 Å². The lowest BCUT2D eigenvalue weighted by molar-refractivity contribution is -0.170. The number of carbonyl (C=O) groups is 10. The molecule has 82 heavy (non-hydrogen) atoms. The van der Waals surface area contributed by atoms with Gasteiger partial charge >= 0.3 is 5.97 Å². The zero-order valence-corrected chi connectivity index (χ0v) is 46.8. The minimum Gasteiger partial charge on any atom is -0.508 e. The van der Waals surface area contributed by atoms with Crippen LogP contribution in [0.5, 0.6) is 5.75 Å². The molecule has 0 unspecified atom stereocenters. The number of nitrogens with one attached hydrogen (secondary N) is 6. The van der Waals surface area contributed by atoms with Crippen molar-refractivity contribution in [3.63, 3.8) is 0 Å². The second-order valence-corrected chi connectivity index (χ2v) is 21.5. The molecule has 0 aromatic heterocycles. The van der Waals surface area contributed by atoms with E-state index < -0.39 is 169 Å². The molecule has 5 rings (SSSR count). The van der Waals surface area contributed by atoms with Crippen LogP contribution in [-0.4, -0.2) is 192 Å². The zero-order valence-electron chi connectivity index (χ0n) is 46.8. The predicted octanol–water partition coefficient (Wildman–Crippen LogP) is -2.68. The molecular formula is C56H79N9O17. The maximum Gasteiger partial charge on any atom is 0.329 e. The molecule has 1 aliphatic carbocycles. The van der Waals surface area contributed by atoms with Gasteiger partial charge < -0.3 is 82.8 Å². The number of phenols is 1. The summed E-state index contributed by atoms with van der Waals surface area (Å²) in [7, 11) is 1.26. The lowest BCUT2D eigenvalue weighted by Crippen LogP contribution is -2.67. The summed E-state index contributed by atoms with van der Waals surface area (Å²) in [6.45, 7) is 6.86. The number of amides is 9. The lowest BCUT2D eigenvalue weighted by Gasteiger charge is -2.43. The molecule has 2 aromatic carbocycles. The Morgan fingerprint density at radius 3 is 2.05 bits per heavy atom. The molecule has 2 aromatic rings. The highest BCUT2D eigenvalue weighted by Gasteiger charge is 2.48. The number of hydrogen-bond acceptors (Lipinski definition) is 17. The first-order chi connectivity index (χ1) is 38.7. The second-order valence-electron chi connectivity index (χ2n) is 21.5. The van der Waals surface area contributed by atoms with Crippen molar-refractivity contribution in [3.8, 4) is 5.75 Å². The molecule has 26 nitrogen and oxygen atoms in total.